The van der Waals surface area contributed by atoms with Crippen molar-refractivity contribution in [3.63, 3.8) is 0 Å². The molecule has 11 nitrogen and oxygen atoms in total. The number of hydrogen-bond acceptors (Lipinski definition) is 8. The fourth-order valence-corrected chi connectivity index (χ4v) is 4.23. The summed E-state index contributed by atoms with van der Waals surface area (Å²) in [5.41, 5.74) is 1.31. The van der Waals surface area contributed by atoms with Crippen LogP contribution in [0.3, 0.4) is 0 Å². The molecule has 0 fully saturated rings. The van der Waals surface area contributed by atoms with Crippen LogP contribution in [0.25, 0.3) is 21.8 Å². The van der Waals surface area contributed by atoms with Crippen molar-refractivity contribution in [1.82, 2.24) is 25.1 Å². The summed E-state index contributed by atoms with van der Waals surface area (Å²) in [6.45, 7) is -0.215. The predicted octanol–water partition coefficient (Wildman–Crippen LogP) is 1.26. The molecule has 0 aliphatic heterocycles. The molecule has 0 aliphatic carbocycles. The third kappa shape index (κ3) is 6.45. The zero-order chi connectivity index (χ0) is 26.6. The first-order valence-corrected chi connectivity index (χ1v) is 12.9. The molecule has 0 saturated carbocycles. The number of sulfonamides is 1. The van der Waals surface area contributed by atoms with Crippen molar-refractivity contribution in [3.05, 3.63) is 63.8 Å². The summed E-state index contributed by atoms with van der Waals surface area (Å²) in [6.07, 6.45) is -2.47. The number of ether oxygens (including phenoxy) is 1. The Balaban J connectivity index is 1.61. The third-order valence-electron chi connectivity index (χ3n) is 5.46. The van der Waals surface area contributed by atoms with Gasteiger partial charge in [-0.2, -0.15) is 10.4 Å². The molecule has 2 heterocycles. The molecule has 0 bridgehead atoms. The second kappa shape index (κ2) is 11.0. The van der Waals surface area contributed by atoms with E-state index in [1.54, 1.807) is 24.3 Å². The molecule has 4 N–H and O–H groups in total. The minimum atomic E-state index is -3.59. The van der Waals surface area contributed by atoms with Crippen LogP contribution in [0.1, 0.15) is 17.1 Å². The molecule has 2 aromatic heterocycles. The maximum absolute atomic E-state index is 12.9. The van der Waals surface area contributed by atoms with Crippen molar-refractivity contribution in [3.8, 4) is 11.8 Å². The average molecular weight is 532 g/mol. The number of nitrogens with two attached hydrogens (primary N) is 1. The summed E-state index contributed by atoms with van der Waals surface area (Å²) in [6, 6.07) is 11.8. The van der Waals surface area contributed by atoms with Crippen molar-refractivity contribution < 1.29 is 21.9 Å². The van der Waals surface area contributed by atoms with E-state index in [-0.39, 0.29) is 42.1 Å². The highest BCUT2D eigenvalue weighted by Crippen LogP contribution is 2.26. The Morgan fingerprint density at radius 2 is 1.97 bits per heavy atom. The van der Waals surface area contributed by atoms with E-state index in [1.165, 1.54) is 16.8 Å². The molecular weight excluding hydrogens is 508 g/mol. The maximum Gasteiger partial charge on any atom is 0.274 e. The normalized spacial score (nSPS) is 11.9. The zero-order valence-electron chi connectivity index (χ0n) is 19.4. The summed E-state index contributed by atoms with van der Waals surface area (Å²) < 4.78 is 53.7. The van der Waals surface area contributed by atoms with E-state index in [0.29, 0.717) is 39.9 Å². The van der Waals surface area contributed by atoms with Crippen LogP contribution in [0, 0.1) is 11.3 Å². The van der Waals surface area contributed by atoms with Crippen molar-refractivity contribution in [2.45, 2.75) is 19.4 Å². The van der Waals surface area contributed by atoms with Crippen molar-refractivity contribution in [2.75, 3.05) is 25.4 Å². The lowest BCUT2D eigenvalue weighted by atomic mass is 10.1. The van der Waals surface area contributed by atoms with Gasteiger partial charge in [0.05, 0.1) is 46.4 Å². The monoisotopic (exact) mass is 531 g/mol. The van der Waals surface area contributed by atoms with Crippen LogP contribution < -0.4 is 20.8 Å². The van der Waals surface area contributed by atoms with Crippen molar-refractivity contribution in [2.24, 2.45) is 5.14 Å². The van der Waals surface area contributed by atoms with Gasteiger partial charge in [0.2, 0.25) is 10.0 Å². The number of nitrogens with zero attached hydrogens (tertiary/aromatic N) is 4. The van der Waals surface area contributed by atoms with E-state index in [0.717, 1.165) is 0 Å². The number of primary sulfonamides is 1. The first kappa shape index (κ1) is 26.1. The molecule has 0 unspecified atom stereocenters. The number of halogens is 2. The van der Waals surface area contributed by atoms with Crippen LogP contribution >= 0.6 is 0 Å². The lowest BCUT2D eigenvalue weighted by Crippen LogP contribution is -2.33. The minimum absolute atomic E-state index is 0.0143. The number of fused-ring (bicyclic) bond motifs is 2. The Hall–Kier alpha value is -3.93. The second-order valence-electron chi connectivity index (χ2n) is 8.18. The van der Waals surface area contributed by atoms with Gasteiger partial charge in [-0.05, 0) is 12.1 Å². The van der Waals surface area contributed by atoms with Crippen LogP contribution in [-0.2, 0) is 23.0 Å². The van der Waals surface area contributed by atoms with Gasteiger partial charge >= 0.3 is 0 Å². The highest BCUT2D eigenvalue weighted by molar-refractivity contribution is 7.89. The molecular formula is C23H23F2N7O4S. The van der Waals surface area contributed by atoms with Crippen LogP contribution in [0.5, 0.6) is 5.75 Å². The Morgan fingerprint density at radius 1 is 1.22 bits per heavy atom. The molecule has 0 radical (unpaired) electrons. The largest absolute Gasteiger partial charge is 0.486 e. The number of alkyl halides is 2. The minimum Gasteiger partial charge on any atom is -0.486 e. The van der Waals surface area contributed by atoms with Crippen LogP contribution in [0.2, 0.25) is 0 Å². The molecule has 37 heavy (non-hydrogen) atoms. The van der Waals surface area contributed by atoms with Gasteiger partial charge in [0.25, 0.3) is 12.0 Å². The van der Waals surface area contributed by atoms with Gasteiger partial charge in [-0.1, -0.05) is 18.2 Å². The number of nitriles is 1. The molecule has 0 saturated heterocycles. The molecule has 0 atom stereocenters. The van der Waals surface area contributed by atoms with Gasteiger partial charge in [-0.15, -0.1) is 0 Å². The molecule has 2 aromatic carbocycles. The molecule has 14 heteroatoms. The van der Waals surface area contributed by atoms with E-state index >= 15 is 0 Å². The molecule has 4 rings (SSSR count). The van der Waals surface area contributed by atoms with E-state index in [4.69, 9.17) is 9.88 Å². The fourth-order valence-electron chi connectivity index (χ4n) is 3.80. The predicted molar refractivity (Wildman–Crippen MR) is 132 cm³/mol. The quantitative estimate of drug-likeness (QED) is 0.243. The first-order valence-electron chi connectivity index (χ1n) is 11.2. The topological polar surface area (TPSA) is 169 Å². The average Bonchev–Trinajstić information content (AvgIpc) is 3.24. The van der Waals surface area contributed by atoms with Crippen LogP contribution in [-0.4, -0.2) is 60.0 Å². The molecule has 194 valence electrons. The maximum atomic E-state index is 12.9. The van der Waals surface area contributed by atoms with E-state index in [9.17, 15) is 27.3 Å². The standard InChI is InChI=1S/C23H23F2N7O4S/c24-21(25)13-36-20-10-19-18(9-14(20)12-26)29-22(30-19)11-17-15-3-1-2-4-16(15)23(33)32(31-17)7-5-28-6-8-37(27,34)35/h1-4,9-10,21,28H,5-8,11,13H2,(H,29,30)(H2,27,34,35). The van der Waals surface area contributed by atoms with Crippen LogP contribution in [0.4, 0.5) is 8.78 Å². The number of benzene rings is 2. The zero-order valence-corrected chi connectivity index (χ0v) is 20.3. The van der Waals surface area contributed by atoms with E-state index in [1.807, 2.05) is 6.07 Å². The fraction of sp³-hybridized carbons (Fsp3) is 0.304. The Bertz CT molecular complexity index is 1640. The third-order valence-corrected chi connectivity index (χ3v) is 6.23. The Morgan fingerprint density at radius 3 is 2.68 bits per heavy atom. The smallest absolute Gasteiger partial charge is 0.274 e. The number of nitrogens with one attached hydrogen (secondary N) is 2. The summed E-state index contributed by atoms with van der Waals surface area (Å²) in [5, 5.41) is 22.9. The first-order chi connectivity index (χ1) is 17.6. The Kier molecular flexibility index (Phi) is 7.77. The van der Waals surface area contributed by atoms with Gasteiger partial charge in [0.1, 0.15) is 24.3 Å². The SMILES string of the molecule is N#Cc1cc2[nH]c(Cc3nn(CCNCCS(N)(=O)=O)c(=O)c4ccccc34)nc2cc1OCC(F)F. The Labute approximate surface area is 209 Å². The van der Waals surface area contributed by atoms with Crippen LogP contribution in [0.15, 0.2) is 41.2 Å². The molecule has 0 spiro atoms. The van der Waals surface area contributed by atoms with Gasteiger partial charge in [-0.25, -0.2) is 32.0 Å². The number of hydrogen-bond donors (Lipinski definition) is 3. The van der Waals surface area contributed by atoms with Crippen molar-refractivity contribution >= 4 is 31.8 Å². The summed E-state index contributed by atoms with van der Waals surface area (Å²) in [5.74, 6) is 0.270. The van der Waals surface area contributed by atoms with Gasteiger partial charge in [0.15, 0.2) is 0 Å². The highest BCUT2D eigenvalue weighted by Gasteiger charge is 2.15. The summed E-state index contributed by atoms with van der Waals surface area (Å²) in [7, 11) is -3.59. The van der Waals surface area contributed by atoms with Crippen molar-refractivity contribution in [1.29, 1.82) is 5.26 Å². The molecule has 4 aromatic rings. The number of H-pyrrole nitrogens is 1. The highest BCUT2D eigenvalue weighted by atomic mass is 32.2. The second-order valence-corrected chi connectivity index (χ2v) is 9.91. The van der Waals surface area contributed by atoms with Gasteiger partial charge < -0.3 is 15.0 Å². The van der Waals surface area contributed by atoms with Gasteiger partial charge in [-0.3, -0.25) is 4.79 Å². The number of rotatable bonds is 11. The van der Waals surface area contributed by atoms with Gasteiger partial charge in [0, 0.05) is 24.5 Å². The van der Waals surface area contributed by atoms with E-state index < -0.39 is 23.1 Å². The summed E-state index contributed by atoms with van der Waals surface area (Å²) >= 11 is 0. The van der Waals surface area contributed by atoms with E-state index in [2.05, 4.69) is 20.4 Å². The molecule has 0 aliphatic rings. The number of aromatic amines is 1. The summed E-state index contributed by atoms with van der Waals surface area (Å²) in [4.78, 5) is 20.6. The lowest BCUT2D eigenvalue weighted by molar-refractivity contribution is 0.0818. The number of aromatic nitrogens is 4. The molecule has 0 amide bonds. The number of imidazole rings is 1. The lowest BCUT2D eigenvalue weighted by Gasteiger charge is -2.11.